The van der Waals surface area contributed by atoms with E-state index >= 15 is 0 Å². The lowest BCUT2D eigenvalue weighted by Crippen LogP contribution is -2.69. The monoisotopic (exact) mass is 525 g/mol. The summed E-state index contributed by atoms with van der Waals surface area (Å²) in [6.07, 6.45) is 6.52. The van der Waals surface area contributed by atoms with Crippen molar-refractivity contribution in [2.75, 3.05) is 39.1 Å². The number of piperidine rings is 1. The predicted octanol–water partition coefficient (Wildman–Crippen LogP) is 4.09. The van der Waals surface area contributed by atoms with E-state index in [1.165, 1.54) is 30.5 Å². The number of benzene rings is 2. The van der Waals surface area contributed by atoms with E-state index in [2.05, 4.69) is 35.7 Å². The highest BCUT2D eigenvalue weighted by Gasteiger charge is 2.67. The molecule has 1 saturated heterocycles. The molecular weight excluding hydrogens is 486 g/mol. The molecule has 6 heteroatoms. The summed E-state index contributed by atoms with van der Waals surface area (Å²) in [6, 6.07) is 10.2. The standard InChI is InChI=1S/C33H39N3O3/c1-20-6-5-7-21(16-20)10-13-29(38)35(4)25-12-11-24-27-17-23-26(34(2)3)18-28(37)31-30(23)33(24,32(25)39-31)14-15-36(27)19-22-8-9-22/h5-7,16,18,22,24-25,27,32,37H,8-9,11-12,14-15,17,19H2,1-4H3/t24-,25+,27+,32-,33-/m0/s1. The number of carbonyl (C=O) groups is 1. The molecule has 2 aromatic carbocycles. The first-order valence-electron chi connectivity index (χ1n) is 14.6. The van der Waals surface area contributed by atoms with Crippen LogP contribution in [0.5, 0.6) is 11.5 Å². The lowest BCUT2D eigenvalue weighted by molar-refractivity contribution is -0.134. The van der Waals surface area contributed by atoms with Crippen LogP contribution in [0.3, 0.4) is 0 Å². The van der Waals surface area contributed by atoms with E-state index in [1.807, 2.05) is 49.2 Å². The van der Waals surface area contributed by atoms with Gasteiger partial charge in [0.25, 0.3) is 5.91 Å². The first kappa shape index (κ1) is 24.8. The number of likely N-dealkylation sites (N-methyl/N-ethyl adjacent to an activating group) is 1. The number of likely N-dealkylation sites (tertiary alicyclic amines) is 1. The van der Waals surface area contributed by atoms with Crippen LogP contribution in [0, 0.1) is 30.6 Å². The molecule has 7 rings (SSSR count). The third kappa shape index (κ3) is 3.77. The van der Waals surface area contributed by atoms with Gasteiger partial charge in [-0.05, 0) is 87.1 Å². The Morgan fingerprint density at radius 2 is 2.00 bits per heavy atom. The molecule has 0 radical (unpaired) electrons. The van der Waals surface area contributed by atoms with Gasteiger partial charge in [0.2, 0.25) is 0 Å². The molecule has 204 valence electrons. The molecule has 1 N–H and O–H groups in total. The third-order valence-corrected chi connectivity index (χ3v) is 10.3. The maximum atomic E-state index is 13.4. The van der Waals surface area contributed by atoms with Crippen LogP contribution in [0.4, 0.5) is 5.69 Å². The van der Waals surface area contributed by atoms with Gasteiger partial charge in [0, 0.05) is 67.9 Å². The summed E-state index contributed by atoms with van der Waals surface area (Å²) in [7, 11) is 6.01. The highest BCUT2D eigenvalue weighted by molar-refractivity contribution is 5.94. The number of ether oxygens (including phenoxy) is 1. The number of aryl methyl sites for hydroxylation is 1. The van der Waals surface area contributed by atoms with Crippen molar-refractivity contribution in [3.05, 3.63) is 52.6 Å². The molecule has 0 unspecified atom stereocenters. The Bertz CT molecular complexity index is 1400. The molecule has 5 aliphatic rings. The van der Waals surface area contributed by atoms with Crippen LogP contribution in [0.15, 0.2) is 30.3 Å². The van der Waals surface area contributed by atoms with Crippen molar-refractivity contribution in [1.82, 2.24) is 9.80 Å². The molecular formula is C33H39N3O3. The number of rotatable bonds is 4. The minimum Gasteiger partial charge on any atom is -0.504 e. The van der Waals surface area contributed by atoms with E-state index in [0.717, 1.165) is 55.0 Å². The fraction of sp³-hybridized carbons (Fsp3) is 0.545. The number of phenolic OH excluding ortho intramolecular Hbond substituents is 1. The molecule has 39 heavy (non-hydrogen) atoms. The van der Waals surface area contributed by atoms with E-state index in [9.17, 15) is 9.90 Å². The van der Waals surface area contributed by atoms with Gasteiger partial charge in [-0.3, -0.25) is 9.69 Å². The van der Waals surface area contributed by atoms with Gasteiger partial charge in [0.15, 0.2) is 11.5 Å². The highest BCUT2D eigenvalue weighted by atomic mass is 16.5. The van der Waals surface area contributed by atoms with E-state index in [1.54, 1.807) is 0 Å². The van der Waals surface area contributed by atoms with Gasteiger partial charge >= 0.3 is 0 Å². The lowest BCUT2D eigenvalue weighted by Gasteiger charge is -2.60. The second-order valence-electron chi connectivity index (χ2n) is 12.8. The lowest BCUT2D eigenvalue weighted by atomic mass is 9.50. The van der Waals surface area contributed by atoms with Gasteiger partial charge in [-0.1, -0.05) is 18.1 Å². The van der Waals surface area contributed by atoms with Gasteiger partial charge in [0.1, 0.15) is 6.10 Å². The second-order valence-corrected chi connectivity index (χ2v) is 12.8. The Kier molecular flexibility index (Phi) is 5.68. The number of hydrogen-bond donors (Lipinski definition) is 1. The minimum absolute atomic E-state index is 0.0863. The normalized spacial score (nSPS) is 30.1. The zero-order valence-corrected chi connectivity index (χ0v) is 23.5. The summed E-state index contributed by atoms with van der Waals surface area (Å²) < 4.78 is 6.81. The number of amides is 1. The minimum atomic E-state index is -0.182. The molecule has 2 aliphatic heterocycles. The smallest absolute Gasteiger partial charge is 0.298 e. The van der Waals surface area contributed by atoms with E-state index in [0.29, 0.717) is 17.7 Å². The van der Waals surface area contributed by atoms with Crippen LogP contribution in [0.1, 0.15) is 54.4 Å². The molecule has 0 aromatic heterocycles. The van der Waals surface area contributed by atoms with Crippen LogP contribution in [0.2, 0.25) is 0 Å². The molecule has 2 saturated carbocycles. The zero-order valence-electron chi connectivity index (χ0n) is 23.5. The quantitative estimate of drug-likeness (QED) is 0.610. The van der Waals surface area contributed by atoms with E-state index < -0.39 is 0 Å². The summed E-state index contributed by atoms with van der Waals surface area (Å²) in [4.78, 5) is 20.2. The molecule has 6 nitrogen and oxygen atoms in total. The average molecular weight is 526 g/mol. The van der Waals surface area contributed by atoms with Crippen molar-refractivity contribution in [3.8, 4) is 23.3 Å². The van der Waals surface area contributed by atoms with Crippen LogP contribution in [-0.2, 0) is 16.6 Å². The Labute approximate surface area is 231 Å². The van der Waals surface area contributed by atoms with Gasteiger partial charge < -0.3 is 19.6 Å². The molecule has 1 amide bonds. The van der Waals surface area contributed by atoms with Crippen molar-refractivity contribution in [1.29, 1.82) is 0 Å². The third-order valence-electron chi connectivity index (χ3n) is 10.3. The summed E-state index contributed by atoms with van der Waals surface area (Å²) in [5.74, 6) is 8.02. The second kappa shape index (κ2) is 8.93. The van der Waals surface area contributed by atoms with E-state index in [-0.39, 0.29) is 29.2 Å². The largest absolute Gasteiger partial charge is 0.504 e. The SMILES string of the molecule is Cc1cccc(C#CC(=O)N(C)[C@@H]2CC[C@H]3[C@H]4Cc5c(N(C)C)cc(O)c6c5[C@@]3(CCN4CC3CC3)[C@H]2O6)c1. The molecule has 2 bridgehead atoms. The molecule has 1 spiro atoms. The van der Waals surface area contributed by atoms with Gasteiger partial charge in [-0.25, -0.2) is 0 Å². The zero-order chi connectivity index (χ0) is 27.1. The summed E-state index contributed by atoms with van der Waals surface area (Å²) in [6.45, 7) is 4.29. The summed E-state index contributed by atoms with van der Waals surface area (Å²) in [5, 5.41) is 11.2. The van der Waals surface area contributed by atoms with Gasteiger partial charge in [-0.15, -0.1) is 0 Å². The van der Waals surface area contributed by atoms with Crippen molar-refractivity contribution in [2.24, 2.45) is 11.8 Å². The maximum Gasteiger partial charge on any atom is 0.298 e. The van der Waals surface area contributed by atoms with Crippen molar-refractivity contribution in [3.63, 3.8) is 0 Å². The van der Waals surface area contributed by atoms with Crippen molar-refractivity contribution in [2.45, 2.75) is 69.1 Å². The fourth-order valence-corrected chi connectivity index (χ4v) is 8.40. The number of phenols is 1. The maximum absolute atomic E-state index is 13.4. The van der Waals surface area contributed by atoms with Gasteiger partial charge in [-0.2, -0.15) is 0 Å². The summed E-state index contributed by atoms with van der Waals surface area (Å²) >= 11 is 0. The molecule has 2 heterocycles. The Hall–Kier alpha value is -3.17. The van der Waals surface area contributed by atoms with Crippen LogP contribution < -0.4 is 9.64 Å². The predicted molar refractivity (Wildman–Crippen MR) is 152 cm³/mol. The molecule has 2 aromatic rings. The van der Waals surface area contributed by atoms with Crippen LogP contribution >= 0.6 is 0 Å². The Morgan fingerprint density at radius 1 is 1.18 bits per heavy atom. The van der Waals surface area contributed by atoms with Crippen molar-refractivity contribution < 1.29 is 14.6 Å². The first-order valence-corrected chi connectivity index (χ1v) is 14.6. The van der Waals surface area contributed by atoms with Crippen molar-refractivity contribution >= 4 is 11.6 Å². The van der Waals surface area contributed by atoms with Crippen LogP contribution in [-0.4, -0.2) is 73.2 Å². The van der Waals surface area contributed by atoms with E-state index in [4.69, 9.17) is 4.74 Å². The number of carbonyl (C=O) groups excluding carboxylic acids is 1. The molecule has 3 aliphatic carbocycles. The molecule has 3 fully saturated rings. The summed E-state index contributed by atoms with van der Waals surface area (Å²) in [5.41, 5.74) is 5.48. The molecule has 5 atom stereocenters. The average Bonchev–Trinajstić information content (AvgIpc) is 3.67. The Morgan fingerprint density at radius 3 is 2.74 bits per heavy atom. The first-order chi connectivity index (χ1) is 18.8. The van der Waals surface area contributed by atoms with Crippen LogP contribution in [0.25, 0.3) is 0 Å². The number of aromatic hydroxyl groups is 1. The topological polar surface area (TPSA) is 56.2 Å². The number of anilines is 1. The Balaban J connectivity index is 1.27. The number of hydrogen-bond acceptors (Lipinski definition) is 5. The fourth-order valence-electron chi connectivity index (χ4n) is 8.40. The highest BCUT2D eigenvalue weighted by Crippen LogP contribution is 2.65. The number of nitrogens with zero attached hydrogens (tertiary/aromatic N) is 3. The van der Waals surface area contributed by atoms with Gasteiger partial charge in [0.05, 0.1) is 6.04 Å².